The summed E-state index contributed by atoms with van der Waals surface area (Å²) in [5.74, 6) is 1.77. The van der Waals surface area contributed by atoms with E-state index in [1.807, 2.05) is 27.6 Å². The van der Waals surface area contributed by atoms with Crippen molar-refractivity contribution in [1.29, 1.82) is 0 Å². The second kappa shape index (κ2) is 8.78. The molecule has 0 saturated heterocycles. The molecule has 20 heavy (non-hydrogen) atoms. The van der Waals surface area contributed by atoms with Gasteiger partial charge in [0.25, 0.3) is 0 Å². The summed E-state index contributed by atoms with van der Waals surface area (Å²) in [7, 11) is 0. The van der Waals surface area contributed by atoms with E-state index in [1.165, 1.54) is 0 Å². The maximum Gasteiger partial charge on any atom is 0.191 e. The second-order valence-corrected chi connectivity index (χ2v) is 5.04. The molecule has 0 aliphatic rings. The molecule has 110 valence electrons. The van der Waals surface area contributed by atoms with Gasteiger partial charge in [-0.1, -0.05) is 17.8 Å². The van der Waals surface area contributed by atoms with E-state index < -0.39 is 0 Å². The highest BCUT2D eigenvalue weighted by molar-refractivity contribution is 7.99. The normalized spacial score (nSPS) is 10.2. The van der Waals surface area contributed by atoms with Crippen molar-refractivity contribution in [3.8, 4) is 0 Å². The van der Waals surface area contributed by atoms with Gasteiger partial charge in [-0.05, 0) is 12.5 Å². The quantitative estimate of drug-likeness (QED) is 0.456. The Hall–Kier alpha value is -1.31. The molecule has 0 aromatic carbocycles. The number of allylic oxidation sites excluding steroid dienone is 1. The van der Waals surface area contributed by atoms with Crippen molar-refractivity contribution in [3.63, 3.8) is 0 Å². The van der Waals surface area contributed by atoms with Crippen molar-refractivity contribution in [2.45, 2.75) is 31.2 Å². The standard InChI is InChI=1S/C12H18N6S.ClH/c1-2-6-18-11(10-13)15-16-12(18)19-9-4-8-17-7-3-5-14-17;/h2-3,5,7H,1,4,6,8-10,13H2;1H. The van der Waals surface area contributed by atoms with Gasteiger partial charge in [-0.25, -0.2) is 0 Å². The zero-order valence-corrected chi connectivity index (χ0v) is 12.8. The van der Waals surface area contributed by atoms with Crippen molar-refractivity contribution in [2.75, 3.05) is 5.75 Å². The number of rotatable bonds is 8. The van der Waals surface area contributed by atoms with E-state index in [-0.39, 0.29) is 12.4 Å². The minimum atomic E-state index is 0. The smallest absolute Gasteiger partial charge is 0.191 e. The van der Waals surface area contributed by atoms with Crippen LogP contribution in [0.3, 0.4) is 0 Å². The number of nitrogens with two attached hydrogens (primary N) is 1. The first-order chi connectivity index (χ1) is 9.35. The number of hydrogen-bond acceptors (Lipinski definition) is 5. The minimum Gasteiger partial charge on any atom is -0.324 e. The van der Waals surface area contributed by atoms with E-state index in [0.29, 0.717) is 13.1 Å². The van der Waals surface area contributed by atoms with Crippen LogP contribution in [0, 0.1) is 0 Å². The van der Waals surface area contributed by atoms with E-state index in [2.05, 4.69) is 21.9 Å². The van der Waals surface area contributed by atoms with E-state index in [0.717, 1.165) is 29.7 Å². The molecule has 0 aliphatic heterocycles. The average molecular weight is 315 g/mol. The molecule has 0 amide bonds. The molecule has 0 spiro atoms. The third kappa shape index (κ3) is 4.36. The third-order valence-corrected chi connectivity index (χ3v) is 3.66. The van der Waals surface area contributed by atoms with Crippen LogP contribution in [0.25, 0.3) is 0 Å². The summed E-state index contributed by atoms with van der Waals surface area (Å²) >= 11 is 1.69. The summed E-state index contributed by atoms with van der Waals surface area (Å²) < 4.78 is 3.94. The summed E-state index contributed by atoms with van der Waals surface area (Å²) in [5, 5.41) is 13.3. The molecule has 0 saturated carbocycles. The Morgan fingerprint density at radius 3 is 2.90 bits per heavy atom. The fourth-order valence-electron chi connectivity index (χ4n) is 1.71. The maximum absolute atomic E-state index is 5.63. The Labute approximate surface area is 128 Å². The van der Waals surface area contributed by atoms with Gasteiger partial charge in [0, 0.05) is 31.2 Å². The first-order valence-electron chi connectivity index (χ1n) is 6.18. The van der Waals surface area contributed by atoms with Crippen LogP contribution in [0.5, 0.6) is 0 Å². The highest BCUT2D eigenvalue weighted by Crippen LogP contribution is 2.18. The molecule has 0 radical (unpaired) electrons. The van der Waals surface area contributed by atoms with Gasteiger partial charge in [-0.2, -0.15) is 5.10 Å². The molecule has 2 aromatic heterocycles. The van der Waals surface area contributed by atoms with E-state index in [4.69, 9.17) is 5.73 Å². The van der Waals surface area contributed by atoms with Gasteiger partial charge in [-0.15, -0.1) is 29.2 Å². The zero-order valence-electron chi connectivity index (χ0n) is 11.2. The Kier molecular flexibility index (Phi) is 7.35. The summed E-state index contributed by atoms with van der Waals surface area (Å²) in [6.45, 7) is 5.75. The van der Waals surface area contributed by atoms with Crippen LogP contribution in [0.1, 0.15) is 12.2 Å². The average Bonchev–Trinajstić information content (AvgIpc) is 3.05. The molecule has 0 fully saturated rings. The van der Waals surface area contributed by atoms with Crippen molar-refractivity contribution in [2.24, 2.45) is 5.73 Å². The van der Waals surface area contributed by atoms with E-state index in [9.17, 15) is 0 Å². The van der Waals surface area contributed by atoms with Crippen LogP contribution in [0.2, 0.25) is 0 Å². The lowest BCUT2D eigenvalue weighted by atomic mass is 10.5. The number of aryl methyl sites for hydroxylation is 1. The van der Waals surface area contributed by atoms with Gasteiger partial charge in [-0.3, -0.25) is 4.68 Å². The van der Waals surface area contributed by atoms with Crippen LogP contribution in [0.4, 0.5) is 0 Å². The van der Waals surface area contributed by atoms with Crippen LogP contribution < -0.4 is 5.73 Å². The first kappa shape index (κ1) is 16.7. The summed E-state index contributed by atoms with van der Waals surface area (Å²) in [6, 6.07) is 1.93. The second-order valence-electron chi connectivity index (χ2n) is 3.97. The number of halogens is 1. The monoisotopic (exact) mass is 314 g/mol. The fraction of sp³-hybridized carbons (Fsp3) is 0.417. The Balaban J connectivity index is 0.00000200. The highest BCUT2D eigenvalue weighted by Gasteiger charge is 2.09. The van der Waals surface area contributed by atoms with Crippen molar-refractivity contribution in [3.05, 3.63) is 36.9 Å². The Morgan fingerprint density at radius 1 is 1.40 bits per heavy atom. The minimum absolute atomic E-state index is 0. The highest BCUT2D eigenvalue weighted by atomic mass is 35.5. The molecule has 6 nitrogen and oxygen atoms in total. The van der Waals surface area contributed by atoms with Crippen molar-refractivity contribution < 1.29 is 0 Å². The van der Waals surface area contributed by atoms with Crippen LogP contribution in [-0.2, 0) is 19.6 Å². The molecule has 0 atom stereocenters. The molecule has 2 N–H and O–H groups in total. The molecule has 2 aromatic rings. The lowest BCUT2D eigenvalue weighted by molar-refractivity contribution is 0.605. The molecule has 0 bridgehead atoms. The fourth-order valence-corrected chi connectivity index (χ4v) is 2.60. The molecule has 8 heteroatoms. The number of hydrogen-bond donors (Lipinski definition) is 1. The summed E-state index contributed by atoms with van der Waals surface area (Å²) in [4.78, 5) is 0. The first-order valence-corrected chi connectivity index (χ1v) is 7.17. The molecule has 2 rings (SSSR count). The zero-order chi connectivity index (χ0) is 13.5. The topological polar surface area (TPSA) is 74.6 Å². The van der Waals surface area contributed by atoms with Gasteiger partial charge in [0.2, 0.25) is 0 Å². The molecule has 0 aliphatic carbocycles. The SMILES string of the molecule is C=CCn1c(CN)nnc1SCCCn1cccn1.Cl. The Morgan fingerprint density at radius 2 is 2.25 bits per heavy atom. The molecule has 0 unspecified atom stereocenters. The predicted octanol–water partition coefficient (Wildman–Crippen LogP) is 1.72. The van der Waals surface area contributed by atoms with Gasteiger partial charge >= 0.3 is 0 Å². The lowest BCUT2D eigenvalue weighted by Crippen LogP contribution is -2.08. The van der Waals surface area contributed by atoms with Crippen molar-refractivity contribution >= 4 is 24.2 Å². The van der Waals surface area contributed by atoms with Gasteiger partial charge in [0.1, 0.15) is 5.82 Å². The largest absolute Gasteiger partial charge is 0.324 e. The van der Waals surface area contributed by atoms with Gasteiger partial charge in [0.05, 0.1) is 6.54 Å². The summed E-state index contributed by atoms with van der Waals surface area (Å²) in [5.41, 5.74) is 5.63. The van der Waals surface area contributed by atoms with Gasteiger partial charge in [0.15, 0.2) is 5.16 Å². The molecular weight excluding hydrogens is 296 g/mol. The number of nitrogens with zero attached hydrogens (tertiary/aromatic N) is 5. The van der Waals surface area contributed by atoms with Gasteiger partial charge < -0.3 is 10.3 Å². The van der Waals surface area contributed by atoms with Crippen LogP contribution in [0.15, 0.2) is 36.3 Å². The number of thioether (sulfide) groups is 1. The van der Waals surface area contributed by atoms with Crippen LogP contribution in [-0.4, -0.2) is 30.3 Å². The summed E-state index contributed by atoms with van der Waals surface area (Å²) in [6.07, 6.45) is 6.63. The maximum atomic E-state index is 5.63. The molecular formula is C12H19ClN6S. The van der Waals surface area contributed by atoms with E-state index >= 15 is 0 Å². The van der Waals surface area contributed by atoms with Crippen molar-refractivity contribution in [1.82, 2.24) is 24.5 Å². The van der Waals surface area contributed by atoms with E-state index in [1.54, 1.807) is 18.0 Å². The predicted molar refractivity (Wildman–Crippen MR) is 82.9 cm³/mol. The third-order valence-electron chi connectivity index (χ3n) is 2.61. The number of aromatic nitrogens is 5. The Bertz CT molecular complexity index is 510. The lowest BCUT2D eigenvalue weighted by Gasteiger charge is -2.06. The molecule has 2 heterocycles. The van der Waals surface area contributed by atoms with Crippen LogP contribution >= 0.6 is 24.2 Å².